The van der Waals surface area contributed by atoms with Gasteiger partial charge in [-0.3, -0.25) is 4.98 Å². The molecule has 152 valence electrons. The lowest BCUT2D eigenvalue weighted by Crippen LogP contribution is -2.16. The van der Waals surface area contributed by atoms with Gasteiger partial charge in [-0.1, -0.05) is 29.8 Å². The molecule has 0 saturated carbocycles. The SMILES string of the molecule is CCOC(=O)c1cccnc1-c1ccc(OC(C)Cc2cccc(C)c2)c(C#N)c1. The van der Waals surface area contributed by atoms with E-state index in [-0.39, 0.29) is 12.7 Å². The topological polar surface area (TPSA) is 72.2 Å². The molecular weight excluding hydrogens is 376 g/mol. The van der Waals surface area contributed by atoms with Gasteiger partial charge in [-0.05, 0) is 56.7 Å². The van der Waals surface area contributed by atoms with Gasteiger partial charge in [0.2, 0.25) is 0 Å². The van der Waals surface area contributed by atoms with Crippen LogP contribution in [0.4, 0.5) is 0 Å². The molecule has 0 saturated heterocycles. The van der Waals surface area contributed by atoms with Crippen LogP contribution in [0.1, 0.15) is 40.9 Å². The fraction of sp³-hybridized carbons (Fsp3) is 0.240. The summed E-state index contributed by atoms with van der Waals surface area (Å²) in [6.07, 6.45) is 2.25. The summed E-state index contributed by atoms with van der Waals surface area (Å²) in [7, 11) is 0. The number of ether oxygens (including phenoxy) is 2. The van der Waals surface area contributed by atoms with E-state index in [2.05, 4.69) is 36.2 Å². The van der Waals surface area contributed by atoms with Crippen molar-refractivity contribution >= 4 is 5.97 Å². The molecule has 0 aliphatic rings. The molecule has 0 spiro atoms. The van der Waals surface area contributed by atoms with Gasteiger partial charge in [-0.2, -0.15) is 5.26 Å². The number of hydrogen-bond donors (Lipinski definition) is 0. The van der Waals surface area contributed by atoms with Crippen LogP contribution in [-0.2, 0) is 11.2 Å². The average molecular weight is 400 g/mol. The number of rotatable bonds is 7. The summed E-state index contributed by atoms with van der Waals surface area (Å²) < 4.78 is 11.2. The van der Waals surface area contributed by atoms with Crippen LogP contribution in [0.3, 0.4) is 0 Å². The molecule has 1 heterocycles. The van der Waals surface area contributed by atoms with E-state index < -0.39 is 5.97 Å². The Morgan fingerprint density at radius 3 is 2.73 bits per heavy atom. The van der Waals surface area contributed by atoms with Gasteiger partial charge in [-0.15, -0.1) is 0 Å². The van der Waals surface area contributed by atoms with Gasteiger partial charge in [-0.25, -0.2) is 4.79 Å². The number of aryl methyl sites for hydroxylation is 1. The number of aromatic nitrogens is 1. The molecule has 1 unspecified atom stereocenters. The maximum atomic E-state index is 12.3. The summed E-state index contributed by atoms with van der Waals surface area (Å²) >= 11 is 0. The Morgan fingerprint density at radius 2 is 2.00 bits per heavy atom. The molecule has 5 heteroatoms. The Bertz CT molecular complexity index is 1090. The second-order valence-electron chi connectivity index (χ2n) is 7.06. The first-order chi connectivity index (χ1) is 14.5. The van der Waals surface area contributed by atoms with Crippen molar-refractivity contribution in [3.63, 3.8) is 0 Å². The first kappa shape index (κ1) is 21.1. The third kappa shape index (κ3) is 5.03. The summed E-state index contributed by atoms with van der Waals surface area (Å²) in [5.41, 5.74) is 4.29. The molecule has 3 rings (SSSR count). The van der Waals surface area contributed by atoms with Crippen LogP contribution >= 0.6 is 0 Å². The molecule has 30 heavy (non-hydrogen) atoms. The second-order valence-corrected chi connectivity index (χ2v) is 7.06. The highest BCUT2D eigenvalue weighted by Crippen LogP contribution is 2.28. The highest BCUT2D eigenvalue weighted by molar-refractivity contribution is 5.96. The molecule has 0 fully saturated rings. The van der Waals surface area contributed by atoms with Crippen molar-refractivity contribution in [2.45, 2.75) is 33.3 Å². The highest BCUT2D eigenvalue weighted by atomic mass is 16.5. The molecule has 0 amide bonds. The van der Waals surface area contributed by atoms with Gasteiger partial charge in [0.1, 0.15) is 11.8 Å². The summed E-state index contributed by atoms with van der Waals surface area (Å²) in [6.45, 7) is 6.08. The van der Waals surface area contributed by atoms with Crippen molar-refractivity contribution in [3.8, 4) is 23.1 Å². The normalized spacial score (nSPS) is 11.4. The number of hydrogen-bond acceptors (Lipinski definition) is 5. The lowest BCUT2D eigenvalue weighted by atomic mass is 10.0. The highest BCUT2D eigenvalue weighted by Gasteiger charge is 2.17. The largest absolute Gasteiger partial charge is 0.489 e. The Balaban J connectivity index is 1.84. The lowest BCUT2D eigenvalue weighted by molar-refractivity contribution is 0.0527. The minimum atomic E-state index is -0.439. The van der Waals surface area contributed by atoms with Crippen molar-refractivity contribution in [2.75, 3.05) is 6.61 Å². The Kier molecular flexibility index (Phi) is 6.82. The zero-order chi connectivity index (χ0) is 21.5. The zero-order valence-electron chi connectivity index (χ0n) is 17.4. The fourth-order valence-electron chi connectivity index (χ4n) is 3.31. The molecule has 3 aromatic rings. The van der Waals surface area contributed by atoms with Crippen LogP contribution < -0.4 is 4.74 Å². The first-order valence-corrected chi connectivity index (χ1v) is 9.90. The van der Waals surface area contributed by atoms with Crippen molar-refractivity contribution < 1.29 is 14.3 Å². The minimum absolute atomic E-state index is 0.102. The molecule has 0 aliphatic carbocycles. The van der Waals surface area contributed by atoms with Crippen LogP contribution in [0.15, 0.2) is 60.8 Å². The molecule has 5 nitrogen and oxygen atoms in total. The van der Waals surface area contributed by atoms with Crippen molar-refractivity contribution in [2.24, 2.45) is 0 Å². The molecular formula is C25H24N2O3. The van der Waals surface area contributed by atoms with E-state index in [9.17, 15) is 10.1 Å². The summed E-state index contributed by atoms with van der Waals surface area (Å²) in [4.78, 5) is 16.6. The van der Waals surface area contributed by atoms with Crippen LogP contribution in [0, 0.1) is 18.3 Å². The van der Waals surface area contributed by atoms with Crippen LogP contribution in [0.25, 0.3) is 11.3 Å². The molecule has 0 bridgehead atoms. The number of benzene rings is 2. The molecule has 0 aliphatic heterocycles. The van der Waals surface area contributed by atoms with E-state index in [1.54, 1.807) is 43.5 Å². The fourth-order valence-corrected chi connectivity index (χ4v) is 3.31. The van der Waals surface area contributed by atoms with Crippen molar-refractivity contribution in [3.05, 3.63) is 83.0 Å². The average Bonchev–Trinajstić information content (AvgIpc) is 2.74. The smallest absolute Gasteiger partial charge is 0.340 e. The van der Waals surface area contributed by atoms with Crippen LogP contribution in [0.2, 0.25) is 0 Å². The summed E-state index contributed by atoms with van der Waals surface area (Å²) in [6, 6.07) is 19.1. The molecule has 0 radical (unpaired) electrons. The van der Waals surface area contributed by atoms with E-state index in [0.29, 0.717) is 28.1 Å². The third-order valence-electron chi connectivity index (χ3n) is 4.61. The predicted octanol–water partition coefficient (Wildman–Crippen LogP) is 5.12. The van der Waals surface area contributed by atoms with E-state index in [1.165, 1.54) is 11.1 Å². The Morgan fingerprint density at radius 1 is 1.17 bits per heavy atom. The van der Waals surface area contributed by atoms with E-state index in [0.717, 1.165) is 6.42 Å². The number of esters is 1. The minimum Gasteiger partial charge on any atom is -0.489 e. The van der Waals surface area contributed by atoms with Crippen LogP contribution in [0.5, 0.6) is 5.75 Å². The van der Waals surface area contributed by atoms with E-state index >= 15 is 0 Å². The summed E-state index contributed by atoms with van der Waals surface area (Å²) in [5, 5.41) is 9.65. The predicted molar refractivity (Wildman–Crippen MR) is 115 cm³/mol. The van der Waals surface area contributed by atoms with Crippen molar-refractivity contribution in [1.29, 1.82) is 5.26 Å². The zero-order valence-corrected chi connectivity index (χ0v) is 17.4. The number of nitriles is 1. The number of nitrogens with zero attached hydrogens (tertiary/aromatic N) is 2. The van der Waals surface area contributed by atoms with Gasteiger partial charge in [0.25, 0.3) is 0 Å². The van der Waals surface area contributed by atoms with E-state index in [1.807, 2.05) is 13.0 Å². The summed E-state index contributed by atoms with van der Waals surface area (Å²) in [5.74, 6) is 0.0706. The van der Waals surface area contributed by atoms with Gasteiger partial charge in [0, 0.05) is 18.2 Å². The third-order valence-corrected chi connectivity index (χ3v) is 4.61. The van der Waals surface area contributed by atoms with Gasteiger partial charge in [0.05, 0.1) is 29.5 Å². The first-order valence-electron chi connectivity index (χ1n) is 9.90. The van der Waals surface area contributed by atoms with Gasteiger partial charge < -0.3 is 9.47 Å². The van der Waals surface area contributed by atoms with Gasteiger partial charge in [0.15, 0.2) is 0 Å². The standard InChI is InChI=1S/C25H24N2O3/c1-4-29-25(28)22-9-6-12-27-24(22)20-10-11-23(21(15-20)16-26)30-18(3)14-19-8-5-7-17(2)13-19/h5-13,15,18H,4,14H2,1-3H3. The Hall–Kier alpha value is -3.65. The molecule has 1 aromatic heterocycles. The second kappa shape index (κ2) is 9.71. The quantitative estimate of drug-likeness (QED) is 0.515. The number of carbonyl (C=O) groups excluding carboxylic acids is 1. The number of pyridine rings is 1. The van der Waals surface area contributed by atoms with E-state index in [4.69, 9.17) is 9.47 Å². The van der Waals surface area contributed by atoms with Crippen molar-refractivity contribution in [1.82, 2.24) is 4.98 Å². The maximum Gasteiger partial charge on any atom is 0.340 e. The molecule has 1 atom stereocenters. The van der Waals surface area contributed by atoms with Gasteiger partial charge >= 0.3 is 5.97 Å². The lowest BCUT2D eigenvalue weighted by Gasteiger charge is -2.17. The molecule has 2 aromatic carbocycles. The maximum absolute atomic E-state index is 12.3. The number of carbonyl (C=O) groups is 1. The van der Waals surface area contributed by atoms with Crippen LogP contribution in [-0.4, -0.2) is 23.7 Å². The monoisotopic (exact) mass is 400 g/mol. The Labute approximate surface area is 176 Å². The molecule has 0 N–H and O–H groups in total.